The third-order valence-corrected chi connectivity index (χ3v) is 3.84. The SMILES string of the molecule is O=[N+]([O-])c1ccc(O)c(CNC2CCN(CC(F)F)CC2)c1. The Bertz CT molecular complexity index is 520. The molecule has 122 valence electrons. The zero-order valence-corrected chi connectivity index (χ0v) is 12.0. The third-order valence-electron chi connectivity index (χ3n) is 3.84. The van der Waals surface area contributed by atoms with Crippen LogP contribution in [-0.2, 0) is 6.54 Å². The van der Waals surface area contributed by atoms with Crippen LogP contribution in [0.1, 0.15) is 18.4 Å². The van der Waals surface area contributed by atoms with E-state index in [1.54, 1.807) is 4.90 Å². The molecule has 0 aliphatic carbocycles. The summed E-state index contributed by atoms with van der Waals surface area (Å²) >= 11 is 0. The van der Waals surface area contributed by atoms with E-state index in [4.69, 9.17) is 0 Å². The van der Waals surface area contributed by atoms with Gasteiger partial charge < -0.3 is 10.4 Å². The van der Waals surface area contributed by atoms with Gasteiger partial charge in [-0.05, 0) is 32.0 Å². The fourth-order valence-corrected chi connectivity index (χ4v) is 2.60. The second-order valence-electron chi connectivity index (χ2n) is 5.42. The van der Waals surface area contributed by atoms with Crippen LogP contribution < -0.4 is 5.32 Å². The van der Waals surface area contributed by atoms with Gasteiger partial charge >= 0.3 is 0 Å². The highest BCUT2D eigenvalue weighted by Crippen LogP contribution is 2.23. The molecule has 1 saturated heterocycles. The van der Waals surface area contributed by atoms with Gasteiger partial charge in [0, 0.05) is 30.3 Å². The number of likely N-dealkylation sites (tertiary alicyclic amines) is 1. The van der Waals surface area contributed by atoms with Crippen molar-refractivity contribution in [2.45, 2.75) is 31.9 Å². The first-order valence-electron chi connectivity index (χ1n) is 7.16. The molecule has 0 atom stereocenters. The minimum atomic E-state index is -2.31. The lowest BCUT2D eigenvalue weighted by Gasteiger charge is -2.32. The van der Waals surface area contributed by atoms with Gasteiger partial charge in [-0.2, -0.15) is 0 Å². The standard InChI is InChI=1S/C14H19F2N3O3/c15-14(16)9-18-5-3-11(4-6-18)17-8-10-7-12(19(21)22)1-2-13(10)20/h1-2,7,11,14,17,20H,3-6,8-9H2. The number of nitro benzene ring substituents is 1. The van der Waals surface area contributed by atoms with E-state index in [1.165, 1.54) is 18.2 Å². The van der Waals surface area contributed by atoms with Crippen LogP contribution in [0.25, 0.3) is 0 Å². The monoisotopic (exact) mass is 315 g/mol. The average molecular weight is 315 g/mol. The number of alkyl halides is 2. The van der Waals surface area contributed by atoms with Crippen LogP contribution in [0.15, 0.2) is 18.2 Å². The number of phenolic OH excluding ortho intramolecular Hbond substituents is 1. The molecule has 1 aromatic rings. The maximum absolute atomic E-state index is 12.3. The summed E-state index contributed by atoms with van der Waals surface area (Å²) in [5.41, 5.74) is 0.394. The van der Waals surface area contributed by atoms with Crippen LogP contribution >= 0.6 is 0 Å². The van der Waals surface area contributed by atoms with Gasteiger partial charge in [0.05, 0.1) is 11.5 Å². The summed E-state index contributed by atoms with van der Waals surface area (Å²) in [6.45, 7) is 1.32. The molecular weight excluding hydrogens is 296 g/mol. The minimum Gasteiger partial charge on any atom is -0.508 e. The first kappa shape index (κ1) is 16.6. The second-order valence-corrected chi connectivity index (χ2v) is 5.42. The van der Waals surface area contributed by atoms with Crippen molar-refractivity contribution < 1.29 is 18.8 Å². The zero-order chi connectivity index (χ0) is 16.1. The Morgan fingerprint density at radius 3 is 2.68 bits per heavy atom. The summed E-state index contributed by atoms with van der Waals surface area (Å²) in [5.74, 6) is 0.00763. The largest absolute Gasteiger partial charge is 0.508 e. The van der Waals surface area contributed by atoms with E-state index in [0.717, 1.165) is 12.8 Å². The number of nitrogens with one attached hydrogen (secondary N) is 1. The molecule has 2 rings (SSSR count). The quantitative estimate of drug-likeness (QED) is 0.621. The molecule has 0 aromatic heterocycles. The summed E-state index contributed by atoms with van der Waals surface area (Å²) < 4.78 is 24.6. The Hall–Kier alpha value is -1.80. The Morgan fingerprint density at radius 1 is 1.41 bits per heavy atom. The molecule has 0 radical (unpaired) electrons. The highest BCUT2D eigenvalue weighted by molar-refractivity contribution is 5.42. The van der Waals surface area contributed by atoms with Gasteiger partial charge in [0.15, 0.2) is 0 Å². The number of nitrogens with zero attached hydrogens (tertiary/aromatic N) is 2. The molecular formula is C14H19F2N3O3. The highest BCUT2D eigenvalue weighted by Gasteiger charge is 2.21. The van der Waals surface area contributed by atoms with Gasteiger partial charge in [0.1, 0.15) is 5.75 Å². The number of hydrogen-bond acceptors (Lipinski definition) is 5. The predicted octanol–water partition coefficient (Wildman–Crippen LogP) is 2.12. The van der Waals surface area contributed by atoms with Crippen molar-refractivity contribution in [3.05, 3.63) is 33.9 Å². The van der Waals surface area contributed by atoms with Crippen molar-refractivity contribution in [3.8, 4) is 5.75 Å². The highest BCUT2D eigenvalue weighted by atomic mass is 19.3. The molecule has 2 N–H and O–H groups in total. The number of aromatic hydroxyl groups is 1. The Labute approximate surface area is 126 Å². The Kier molecular flexibility index (Phi) is 5.62. The number of hydrogen-bond donors (Lipinski definition) is 2. The molecule has 0 bridgehead atoms. The van der Waals surface area contributed by atoms with E-state index in [2.05, 4.69) is 5.32 Å². The van der Waals surface area contributed by atoms with Crippen LogP contribution in [-0.4, -0.2) is 47.0 Å². The summed E-state index contributed by atoms with van der Waals surface area (Å²) in [5, 5.41) is 23.7. The normalized spacial score (nSPS) is 17.0. The smallest absolute Gasteiger partial charge is 0.270 e. The number of halogens is 2. The summed E-state index contributed by atoms with van der Waals surface area (Å²) in [6, 6.07) is 4.06. The maximum Gasteiger partial charge on any atom is 0.270 e. The van der Waals surface area contributed by atoms with E-state index in [1.807, 2.05) is 0 Å². The molecule has 0 spiro atoms. The molecule has 1 fully saturated rings. The molecule has 6 nitrogen and oxygen atoms in total. The number of non-ortho nitro benzene ring substituents is 1. The van der Waals surface area contributed by atoms with Crippen LogP contribution in [0.5, 0.6) is 5.75 Å². The number of phenols is 1. The number of nitro groups is 1. The predicted molar refractivity (Wildman–Crippen MR) is 77.1 cm³/mol. The molecule has 0 saturated carbocycles. The number of piperidine rings is 1. The van der Waals surface area contributed by atoms with Crippen molar-refractivity contribution in [2.75, 3.05) is 19.6 Å². The van der Waals surface area contributed by atoms with Crippen molar-refractivity contribution in [1.82, 2.24) is 10.2 Å². The van der Waals surface area contributed by atoms with Crippen molar-refractivity contribution in [2.24, 2.45) is 0 Å². The van der Waals surface area contributed by atoms with Crippen LogP contribution in [0, 0.1) is 10.1 Å². The number of rotatable bonds is 6. The second kappa shape index (κ2) is 7.46. The van der Waals surface area contributed by atoms with Crippen molar-refractivity contribution >= 4 is 5.69 Å². The van der Waals surface area contributed by atoms with Gasteiger partial charge in [-0.1, -0.05) is 0 Å². The first-order valence-corrected chi connectivity index (χ1v) is 7.16. The van der Waals surface area contributed by atoms with E-state index < -0.39 is 11.3 Å². The van der Waals surface area contributed by atoms with Crippen molar-refractivity contribution in [3.63, 3.8) is 0 Å². The average Bonchev–Trinajstić information content (AvgIpc) is 2.47. The molecule has 0 amide bonds. The summed E-state index contributed by atoms with van der Waals surface area (Å²) in [7, 11) is 0. The lowest BCUT2D eigenvalue weighted by Crippen LogP contribution is -2.43. The molecule has 1 aromatic carbocycles. The fourth-order valence-electron chi connectivity index (χ4n) is 2.60. The van der Waals surface area contributed by atoms with Crippen molar-refractivity contribution in [1.29, 1.82) is 0 Å². The lowest BCUT2D eigenvalue weighted by molar-refractivity contribution is -0.384. The van der Waals surface area contributed by atoms with E-state index in [0.29, 0.717) is 25.2 Å². The number of benzene rings is 1. The van der Waals surface area contributed by atoms with Crippen LogP contribution in [0.4, 0.5) is 14.5 Å². The van der Waals surface area contributed by atoms with E-state index in [9.17, 15) is 24.0 Å². The topological polar surface area (TPSA) is 78.6 Å². The molecule has 1 aliphatic rings. The molecule has 1 aliphatic heterocycles. The van der Waals surface area contributed by atoms with E-state index >= 15 is 0 Å². The molecule has 8 heteroatoms. The zero-order valence-electron chi connectivity index (χ0n) is 12.0. The summed E-state index contributed by atoms with van der Waals surface area (Å²) in [4.78, 5) is 12.0. The Balaban J connectivity index is 1.84. The third kappa shape index (κ3) is 4.60. The minimum absolute atomic E-state index is 0.00763. The Morgan fingerprint density at radius 2 is 2.09 bits per heavy atom. The molecule has 0 unspecified atom stereocenters. The van der Waals surface area contributed by atoms with Crippen LogP contribution in [0.2, 0.25) is 0 Å². The summed E-state index contributed by atoms with van der Waals surface area (Å²) in [6.07, 6.45) is -0.837. The van der Waals surface area contributed by atoms with Gasteiger partial charge in [0.25, 0.3) is 12.1 Å². The van der Waals surface area contributed by atoms with Gasteiger partial charge in [-0.15, -0.1) is 0 Å². The van der Waals surface area contributed by atoms with Gasteiger partial charge in [0.2, 0.25) is 0 Å². The van der Waals surface area contributed by atoms with Gasteiger partial charge in [-0.25, -0.2) is 8.78 Å². The fraction of sp³-hybridized carbons (Fsp3) is 0.571. The molecule has 22 heavy (non-hydrogen) atoms. The molecule has 1 heterocycles. The maximum atomic E-state index is 12.3. The lowest BCUT2D eigenvalue weighted by atomic mass is 10.0. The van der Waals surface area contributed by atoms with Gasteiger partial charge in [-0.3, -0.25) is 15.0 Å². The first-order chi connectivity index (χ1) is 10.5. The van der Waals surface area contributed by atoms with Crippen LogP contribution in [0.3, 0.4) is 0 Å². The van der Waals surface area contributed by atoms with E-state index in [-0.39, 0.29) is 24.0 Å².